The van der Waals surface area contributed by atoms with Gasteiger partial charge >= 0.3 is 0 Å². The Morgan fingerprint density at radius 3 is 2.37 bits per heavy atom. The van der Waals surface area contributed by atoms with Crippen molar-refractivity contribution in [1.82, 2.24) is 10.2 Å². The van der Waals surface area contributed by atoms with Crippen LogP contribution < -0.4 is 10.1 Å². The molecule has 0 aromatic heterocycles. The first-order chi connectivity index (χ1) is 14.3. The van der Waals surface area contributed by atoms with Crippen LogP contribution in [0.15, 0.2) is 46.9 Å². The van der Waals surface area contributed by atoms with E-state index in [1.165, 1.54) is 4.90 Å². The Balaban J connectivity index is 2.17. The zero-order valence-corrected chi connectivity index (χ0v) is 20.1. The van der Waals surface area contributed by atoms with Crippen molar-refractivity contribution in [3.63, 3.8) is 0 Å². The molecule has 8 heteroatoms. The molecule has 2 amide bonds. The summed E-state index contributed by atoms with van der Waals surface area (Å²) in [6, 6.07) is 11.6. The molecule has 0 unspecified atom stereocenters. The predicted octanol–water partition coefficient (Wildman–Crippen LogP) is 5.47. The van der Waals surface area contributed by atoms with Crippen molar-refractivity contribution >= 4 is 50.9 Å². The zero-order valence-electron chi connectivity index (χ0n) is 17.0. The molecule has 2 rings (SSSR count). The molecular weight excluding hydrogens is 491 g/mol. The monoisotopic (exact) mass is 514 g/mol. The van der Waals surface area contributed by atoms with E-state index < -0.39 is 6.04 Å². The normalized spacial score (nSPS) is 11.6. The van der Waals surface area contributed by atoms with E-state index in [1.807, 2.05) is 19.1 Å². The third kappa shape index (κ3) is 7.18. The lowest BCUT2D eigenvalue weighted by molar-refractivity contribution is -0.142. The smallest absolute Gasteiger partial charge is 0.261 e. The molecular formula is C22H25BrCl2N2O3. The van der Waals surface area contributed by atoms with Gasteiger partial charge < -0.3 is 15.0 Å². The molecule has 0 spiro atoms. The van der Waals surface area contributed by atoms with Gasteiger partial charge in [-0.1, -0.05) is 58.5 Å². The lowest BCUT2D eigenvalue weighted by atomic mass is 10.1. The first kappa shape index (κ1) is 24.5. The van der Waals surface area contributed by atoms with Gasteiger partial charge in [0.25, 0.3) is 5.91 Å². The molecule has 1 N–H and O–H groups in total. The second kappa shape index (κ2) is 12.2. The average molecular weight is 516 g/mol. The minimum atomic E-state index is -0.713. The summed E-state index contributed by atoms with van der Waals surface area (Å²) in [4.78, 5) is 27.1. The molecule has 30 heavy (non-hydrogen) atoms. The van der Waals surface area contributed by atoms with Crippen molar-refractivity contribution in [2.75, 3.05) is 13.2 Å². The van der Waals surface area contributed by atoms with Crippen LogP contribution in [0.4, 0.5) is 0 Å². The second-order valence-electron chi connectivity index (χ2n) is 6.79. The molecule has 162 valence electrons. The van der Waals surface area contributed by atoms with Crippen molar-refractivity contribution in [1.29, 1.82) is 0 Å². The third-order valence-electron chi connectivity index (χ3n) is 4.56. The highest BCUT2D eigenvalue weighted by molar-refractivity contribution is 9.10. The van der Waals surface area contributed by atoms with Crippen LogP contribution >= 0.6 is 39.1 Å². The number of ether oxygens (including phenoxy) is 1. The summed E-state index contributed by atoms with van der Waals surface area (Å²) in [5.74, 6) is -0.0157. The van der Waals surface area contributed by atoms with Gasteiger partial charge in [0.2, 0.25) is 5.91 Å². The topological polar surface area (TPSA) is 58.6 Å². The standard InChI is InChI=1S/C22H25BrCl2N2O3/c1-3-4-12-26-22(29)15(2)27(13-18-19(24)6-5-7-20(18)25)21(28)14-30-17-10-8-16(23)9-11-17/h5-11,15H,3-4,12-14H2,1-2H3,(H,26,29)/t15-/m0/s1. The molecule has 0 saturated carbocycles. The van der Waals surface area contributed by atoms with E-state index in [4.69, 9.17) is 27.9 Å². The number of benzene rings is 2. The highest BCUT2D eigenvalue weighted by Gasteiger charge is 2.27. The Morgan fingerprint density at radius 2 is 1.77 bits per heavy atom. The summed E-state index contributed by atoms with van der Waals surface area (Å²) < 4.78 is 6.53. The van der Waals surface area contributed by atoms with E-state index >= 15 is 0 Å². The minimum absolute atomic E-state index is 0.101. The predicted molar refractivity (Wildman–Crippen MR) is 124 cm³/mol. The summed E-state index contributed by atoms with van der Waals surface area (Å²) in [7, 11) is 0. The Kier molecular flexibility index (Phi) is 9.95. The van der Waals surface area contributed by atoms with Crippen LogP contribution in [-0.2, 0) is 16.1 Å². The van der Waals surface area contributed by atoms with Crippen LogP contribution in [0.1, 0.15) is 32.3 Å². The van der Waals surface area contributed by atoms with E-state index in [0.29, 0.717) is 27.9 Å². The number of rotatable bonds is 10. The first-order valence-corrected chi connectivity index (χ1v) is 11.3. The largest absolute Gasteiger partial charge is 0.484 e. The molecule has 5 nitrogen and oxygen atoms in total. The molecule has 0 aliphatic rings. The molecule has 0 radical (unpaired) electrons. The fourth-order valence-electron chi connectivity index (χ4n) is 2.73. The minimum Gasteiger partial charge on any atom is -0.484 e. The van der Waals surface area contributed by atoms with Crippen molar-refractivity contribution in [2.45, 2.75) is 39.3 Å². The molecule has 1 atom stereocenters. The molecule has 0 fully saturated rings. The highest BCUT2D eigenvalue weighted by Crippen LogP contribution is 2.26. The third-order valence-corrected chi connectivity index (χ3v) is 5.80. The highest BCUT2D eigenvalue weighted by atomic mass is 79.9. The van der Waals surface area contributed by atoms with Gasteiger partial charge in [0.05, 0.1) is 0 Å². The van der Waals surface area contributed by atoms with Gasteiger partial charge in [0, 0.05) is 33.2 Å². The van der Waals surface area contributed by atoms with Gasteiger partial charge in [-0.05, 0) is 49.7 Å². The number of carbonyl (C=O) groups is 2. The maximum absolute atomic E-state index is 13.0. The van der Waals surface area contributed by atoms with E-state index in [9.17, 15) is 9.59 Å². The number of nitrogens with one attached hydrogen (secondary N) is 1. The SMILES string of the molecule is CCCCNC(=O)[C@H](C)N(Cc1c(Cl)cccc1Cl)C(=O)COc1ccc(Br)cc1. The number of hydrogen-bond donors (Lipinski definition) is 1. The summed E-state index contributed by atoms with van der Waals surface area (Å²) in [5.41, 5.74) is 0.589. The summed E-state index contributed by atoms with van der Waals surface area (Å²) in [6.45, 7) is 4.18. The molecule has 2 aromatic carbocycles. The Labute approximate surface area is 195 Å². The first-order valence-electron chi connectivity index (χ1n) is 9.72. The molecule has 0 aliphatic heterocycles. The quantitative estimate of drug-likeness (QED) is 0.427. The number of unbranched alkanes of at least 4 members (excludes halogenated alkanes) is 1. The summed E-state index contributed by atoms with van der Waals surface area (Å²) >= 11 is 15.9. The molecule has 0 heterocycles. The van der Waals surface area contributed by atoms with Crippen LogP contribution in [0.25, 0.3) is 0 Å². The lowest BCUT2D eigenvalue weighted by Crippen LogP contribution is -2.49. The van der Waals surface area contributed by atoms with Crippen LogP contribution in [0.3, 0.4) is 0 Å². The van der Waals surface area contributed by atoms with Gasteiger partial charge in [-0.25, -0.2) is 0 Å². The summed E-state index contributed by atoms with van der Waals surface area (Å²) in [5, 5.41) is 3.74. The number of carbonyl (C=O) groups excluding carboxylic acids is 2. The molecule has 2 aromatic rings. The maximum Gasteiger partial charge on any atom is 0.261 e. The number of halogens is 3. The Hall–Kier alpha value is -1.76. The molecule has 0 bridgehead atoms. The lowest BCUT2D eigenvalue weighted by Gasteiger charge is -2.29. The van der Waals surface area contributed by atoms with E-state index in [2.05, 4.69) is 21.2 Å². The molecule has 0 saturated heterocycles. The van der Waals surface area contributed by atoms with E-state index in [1.54, 1.807) is 37.3 Å². The van der Waals surface area contributed by atoms with Gasteiger partial charge in [0.15, 0.2) is 6.61 Å². The maximum atomic E-state index is 13.0. The van der Waals surface area contributed by atoms with Crippen LogP contribution in [0.5, 0.6) is 5.75 Å². The summed E-state index contributed by atoms with van der Waals surface area (Å²) in [6.07, 6.45) is 1.84. The van der Waals surface area contributed by atoms with Gasteiger partial charge in [-0.15, -0.1) is 0 Å². The second-order valence-corrected chi connectivity index (χ2v) is 8.52. The van der Waals surface area contributed by atoms with E-state index in [0.717, 1.165) is 17.3 Å². The average Bonchev–Trinajstić information content (AvgIpc) is 2.72. The van der Waals surface area contributed by atoms with Gasteiger partial charge in [-0.2, -0.15) is 0 Å². The fourth-order valence-corrected chi connectivity index (χ4v) is 3.51. The fraction of sp³-hybridized carbons (Fsp3) is 0.364. The van der Waals surface area contributed by atoms with Gasteiger partial charge in [-0.3, -0.25) is 9.59 Å². The van der Waals surface area contributed by atoms with Crippen molar-refractivity contribution in [3.8, 4) is 5.75 Å². The van der Waals surface area contributed by atoms with Crippen LogP contribution in [0, 0.1) is 0 Å². The number of nitrogens with zero attached hydrogens (tertiary/aromatic N) is 1. The van der Waals surface area contributed by atoms with Crippen molar-refractivity contribution in [2.24, 2.45) is 0 Å². The Bertz CT molecular complexity index is 842. The van der Waals surface area contributed by atoms with E-state index in [-0.39, 0.29) is 25.0 Å². The van der Waals surface area contributed by atoms with Crippen LogP contribution in [0.2, 0.25) is 10.0 Å². The number of hydrogen-bond acceptors (Lipinski definition) is 3. The van der Waals surface area contributed by atoms with Crippen molar-refractivity contribution in [3.05, 3.63) is 62.5 Å². The van der Waals surface area contributed by atoms with Gasteiger partial charge in [0.1, 0.15) is 11.8 Å². The molecule has 0 aliphatic carbocycles. The zero-order chi connectivity index (χ0) is 22.1. The van der Waals surface area contributed by atoms with Crippen LogP contribution in [-0.4, -0.2) is 35.9 Å². The Morgan fingerprint density at radius 1 is 1.13 bits per heavy atom. The van der Waals surface area contributed by atoms with Crippen molar-refractivity contribution < 1.29 is 14.3 Å². The number of amides is 2.